The Morgan fingerprint density at radius 1 is 0.312 bits per heavy atom. The van der Waals surface area contributed by atoms with Gasteiger partial charge < -0.3 is 20.9 Å². The van der Waals surface area contributed by atoms with Crippen molar-refractivity contribution >= 4 is 239 Å². The molecule has 93 heavy (non-hydrogen) atoms. The summed E-state index contributed by atoms with van der Waals surface area (Å²) in [5.74, 6) is 1.28. The van der Waals surface area contributed by atoms with Crippen molar-refractivity contribution in [2.45, 2.75) is 60.2 Å². The van der Waals surface area contributed by atoms with Crippen molar-refractivity contribution in [3.05, 3.63) is 163 Å². The van der Waals surface area contributed by atoms with Gasteiger partial charge in [0.2, 0.25) is 0 Å². The largest absolute Gasteiger partial charge is 0.463 e. The first-order valence-corrected chi connectivity index (χ1v) is 34.4. The third kappa shape index (κ3) is 3.11. The lowest BCUT2D eigenvalue weighted by molar-refractivity contribution is -0.166. The van der Waals surface area contributed by atoms with E-state index in [2.05, 4.69) is 97.1 Å². The number of rotatable bonds is 6. The molecule has 0 radical (unpaired) electrons. The summed E-state index contributed by atoms with van der Waals surface area (Å²) in [6.45, 7) is 0.338. The molecular weight excluding hydrogens is 1140 g/mol. The van der Waals surface area contributed by atoms with Crippen LogP contribution in [0.25, 0.3) is 227 Å². The van der Waals surface area contributed by atoms with Gasteiger partial charge in [0.25, 0.3) is 0 Å². The van der Waals surface area contributed by atoms with Gasteiger partial charge in [0.15, 0.2) is 5.41 Å². The van der Waals surface area contributed by atoms with Crippen LogP contribution < -0.4 is 21.9 Å². The first-order valence-electron chi connectivity index (χ1n) is 34.4. The Balaban J connectivity index is 0.000000104. The van der Waals surface area contributed by atoms with Gasteiger partial charge in [-0.05, 0) is 318 Å². The average Bonchev–Trinajstić information content (AvgIpc) is 1.37. The Labute approximate surface area is 521 Å². The van der Waals surface area contributed by atoms with E-state index in [1.165, 1.54) is 155 Å². The van der Waals surface area contributed by atoms with Crippen molar-refractivity contribution in [3.63, 3.8) is 0 Å². The summed E-state index contributed by atoms with van der Waals surface area (Å²) in [6.07, 6.45) is 9.67. The summed E-state index contributed by atoms with van der Waals surface area (Å²) in [6, 6.07) is 34.0. The van der Waals surface area contributed by atoms with Crippen molar-refractivity contribution in [1.82, 2.24) is 0 Å². The number of hydrogen-bond donors (Lipinski definition) is 2. The van der Waals surface area contributed by atoms with Gasteiger partial charge in [-0.3, -0.25) is 9.59 Å². The first-order chi connectivity index (χ1) is 46.0. The molecule has 33 rings (SSSR count). The molecule has 11 aliphatic carbocycles. The minimum absolute atomic E-state index is 0.0131. The Kier molecular flexibility index (Phi) is 5.36. The van der Waals surface area contributed by atoms with Crippen molar-refractivity contribution in [3.8, 4) is 0 Å². The maximum absolute atomic E-state index is 15.5. The molecule has 6 heteroatoms. The Bertz CT molecular complexity index is 7560. The summed E-state index contributed by atoms with van der Waals surface area (Å²) in [5, 5.41) is 60.7. The molecule has 0 heterocycles. The van der Waals surface area contributed by atoms with E-state index in [0.29, 0.717) is 23.7 Å². The summed E-state index contributed by atoms with van der Waals surface area (Å²) in [5.41, 5.74) is 26.2. The number of hydrogen-bond acceptors (Lipinski definition) is 6. The highest BCUT2D eigenvalue weighted by molar-refractivity contribution is 6.66. The number of fused-ring (bicyclic) bond motifs is 8. The lowest BCUT2D eigenvalue weighted by Gasteiger charge is -2.31. The third-order valence-corrected chi connectivity index (χ3v) is 29.8. The second-order valence-corrected chi connectivity index (χ2v) is 31.3. The highest BCUT2D eigenvalue weighted by atomic mass is 16.6. The van der Waals surface area contributed by atoms with Crippen molar-refractivity contribution < 1.29 is 19.1 Å². The van der Waals surface area contributed by atoms with Crippen LogP contribution in [0.5, 0.6) is 0 Å². The summed E-state index contributed by atoms with van der Waals surface area (Å²) in [4.78, 5) is 30.9. The van der Waals surface area contributed by atoms with Crippen LogP contribution in [0.1, 0.15) is 105 Å². The third-order valence-electron chi connectivity index (χ3n) is 29.8. The summed E-state index contributed by atoms with van der Waals surface area (Å²) in [7, 11) is 0. The number of benzene rings is 16. The Hall–Kier alpha value is -10.2. The van der Waals surface area contributed by atoms with E-state index < -0.39 is 28.2 Å². The molecule has 6 atom stereocenters. The normalized spacial score (nSPS) is 24.4. The van der Waals surface area contributed by atoms with Crippen molar-refractivity contribution in [2.75, 3.05) is 26.3 Å². The van der Waals surface area contributed by atoms with Gasteiger partial charge in [0, 0.05) is 36.8 Å². The monoisotopic (exact) mass is 1180 g/mol. The molecular formula is C87H40N2O4. The first kappa shape index (κ1) is 42.7. The molecule has 0 aliphatic heterocycles. The van der Waals surface area contributed by atoms with Crippen LogP contribution in [0.3, 0.4) is 0 Å². The second kappa shape index (κ2) is 11.7. The lowest BCUT2D eigenvalue weighted by Crippen LogP contribution is -2.39. The number of carbonyl (C=O) groups excluding carboxylic acids is 2. The van der Waals surface area contributed by atoms with E-state index in [9.17, 15) is 0 Å². The average molecular weight is 1180 g/mol. The molecule has 4 N–H and O–H groups in total. The maximum atomic E-state index is 15.5. The van der Waals surface area contributed by atoms with Crippen LogP contribution in [-0.4, -0.2) is 38.2 Å². The standard InChI is InChI=1S/C47H22N2O4.C40H18/c48-11-13-52-43(50)47(44(51)53-14-12-49)45-23-9-10-24-22-8-6-20-18-4-2-16-15-1-3-17-19-5-7-21(23)31-29(19)34-27(17)25(15)33-26(16)28(18)35-30(20)32(22)42(46(24,45)47)40-38(35)36(33)37(34)39(40)41(31)45;1-2-12-14-5-6-16-18-9-10-20-19-8-7-17-15-4-3-13-11(1)21-22(12)32-24(14)26(16)34-29(18)30(20)35-28(19)27(17)33-25(15)23(13)31(21)36-37(32)39(34)40(35)38(33)36/h1-10H,11-14,48-49H2;1-4,9-10,14,16-17,19H,5-8H2. The van der Waals surface area contributed by atoms with E-state index in [1.807, 2.05) is 0 Å². The number of nitrogens with two attached hydrogens (primary N) is 2. The quantitative estimate of drug-likeness (QED) is 0.0976. The van der Waals surface area contributed by atoms with Crippen molar-refractivity contribution in [2.24, 2.45) is 16.9 Å². The number of esters is 2. The smallest absolute Gasteiger partial charge is 0.326 e. The number of ether oxygens (including phenoxy) is 2. The van der Waals surface area contributed by atoms with Gasteiger partial charge in [0.05, 0.1) is 10.8 Å². The molecule has 0 aromatic heterocycles. The maximum Gasteiger partial charge on any atom is 0.326 e. The van der Waals surface area contributed by atoms with Crippen LogP contribution in [0.4, 0.5) is 0 Å². The minimum Gasteiger partial charge on any atom is -0.463 e. The second-order valence-electron chi connectivity index (χ2n) is 31.3. The molecule has 0 saturated heterocycles. The molecule has 1 fully saturated rings. The topological polar surface area (TPSA) is 105 Å². The van der Waals surface area contributed by atoms with Crippen molar-refractivity contribution in [1.29, 1.82) is 0 Å². The molecule has 422 valence electrons. The predicted molar refractivity (Wildman–Crippen MR) is 375 cm³/mol. The molecule has 22 aromatic rings. The van der Waals surface area contributed by atoms with Crippen LogP contribution in [0, 0.1) is 5.41 Å². The molecule has 0 bridgehead atoms. The van der Waals surface area contributed by atoms with Gasteiger partial charge in [-0.2, -0.15) is 0 Å². The van der Waals surface area contributed by atoms with E-state index in [1.54, 1.807) is 131 Å². The Morgan fingerprint density at radius 3 is 0.914 bits per heavy atom. The number of allylic oxidation sites excluding steroid dienone is 2. The lowest BCUT2D eigenvalue weighted by atomic mass is 9.68. The van der Waals surface area contributed by atoms with Crippen LogP contribution in [-0.2, 0) is 29.9 Å². The fraction of sp³-hybridized carbons (Fsp3) is 0.172. The van der Waals surface area contributed by atoms with Gasteiger partial charge in [-0.1, -0.05) is 97.1 Å². The van der Waals surface area contributed by atoms with E-state index in [4.69, 9.17) is 20.9 Å². The van der Waals surface area contributed by atoms with Crippen LogP contribution in [0.15, 0.2) is 97.1 Å². The van der Waals surface area contributed by atoms with Gasteiger partial charge in [-0.15, -0.1) is 0 Å². The molecule has 0 amide bonds. The van der Waals surface area contributed by atoms with E-state index >= 15 is 9.59 Å². The molecule has 22 aromatic carbocycles. The molecule has 1 saturated carbocycles. The molecule has 11 aliphatic rings. The highest BCUT2D eigenvalue weighted by Gasteiger charge is 3.01. The highest BCUT2D eigenvalue weighted by Crippen LogP contribution is 2.92. The fourth-order valence-electron chi connectivity index (χ4n) is 28.3. The van der Waals surface area contributed by atoms with E-state index in [0.717, 1.165) is 32.7 Å². The predicted octanol–water partition coefficient (Wildman–Crippen LogP) is 16.9. The van der Waals surface area contributed by atoms with Gasteiger partial charge >= 0.3 is 11.9 Å². The van der Waals surface area contributed by atoms with Crippen LogP contribution in [0.2, 0.25) is 0 Å². The zero-order valence-corrected chi connectivity index (χ0v) is 49.5. The molecule has 6 unspecified atom stereocenters. The Morgan fingerprint density at radius 2 is 0.570 bits per heavy atom. The summed E-state index contributed by atoms with van der Waals surface area (Å²) >= 11 is 0. The van der Waals surface area contributed by atoms with E-state index in [-0.39, 0.29) is 26.3 Å². The minimum atomic E-state index is -1.71. The molecule has 6 nitrogen and oxygen atoms in total. The number of carbonyl (C=O) groups is 2. The van der Waals surface area contributed by atoms with Gasteiger partial charge in [0.1, 0.15) is 13.2 Å². The fourth-order valence-corrected chi connectivity index (χ4v) is 28.3. The van der Waals surface area contributed by atoms with Gasteiger partial charge in [-0.25, -0.2) is 0 Å². The zero-order chi connectivity index (χ0) is 58.5. The summed E-state index contributed by atoms with van der Waals surface area (Å²) < 4.78 is 12.3. The zero-order valence-electron chi connectivity index (χ0n) is 49.5. The molecule has 2 spiro atoms. The van der Waals surface area contributed by atoms with Crippen LogP contribution >= 0.6 is 0 Å². The SMILES string of the molecule is NCCOC(=O)C1(C(=O)OCCN)C23C4=c5ccc6c7ccc8c9ccc%10c%11ccc%12c%13c(c%14c%15c2c5c6c2c7c8c5c9c%10c(c%13%11)c%14c5c%152)C13C=%12C=C4.c1cc2c3c4c1C1CCC5c6ccc7c8ccc9c%10c%11c%12c(c3c3c%13c4c1c5c1c6c7c(c8%10)c(c1%13)c%113)C2CCC9%12.